The minimum Gasteiger partial charge on any atom is -0.493 e. The molecule has 0 saturated carbocycles. The van der Waals surface area contributed by atoms with Crippen LogP contribution in [0.25, 0.3) is 0 Å². The third-order valence-corrected chi connectivity index (χ3v) is 5.01. The van der Waals surface area contributed by atoms with Gasteiger partial charge in [0.1, 0.15) is 6.61 Å². The first-order valence-electron chi connectivity index (χ1n) is 8.89. The summed E-state index contributed by atoms with van der Waals surface area (Å²) in [4.78, 5) is 14.3. The van der Waals surface area contributed by atoms with Gasteiger partial charge in [-0.3, -0.25) is 15.1 Å². The molecular formula is C21H20BrN3O4. The van der Waals surface area contributed by atoms with Gasteiger partial charge in [0.15, 0.2) is 11.5 Å². The quantitative estimate of drug-likeness (QED) is 0.372. The molecule has 0 aliphatic heterocycles. The van der Waals surface area contributed by atoms with Gasteiger partial charge < -0.3 is 14.8 Å². The Balaban J connectivity index is 1.63. The lowest BCUT2D eigenvalue weighted by atomic mass is 10.2. The van der Waals surface area contributed by atoms with Gasteiger partial charge in [0.2, 0.25) is 0 Å². The topological polar surface area (TPSA) is 86.5 Å². The summed E-state index contributed by atoms with van der Waals surface area (Å²) in [5.41, 5.74) is 3.08. The molecule has 0 aliphatic rings. The van der Waals surface area contributed by atoms with E-state index in [9.17, 15) is 10.1 Å². The van der Waals surface area contributed by atoms with Crippen molar-refractivity contribution >= 4 is 21.6 Å². The molecule has 8 heteroatoms. The fraction of sp³-hybridized carbons (Fsp3) is 0.190. The highest BCUT2D eigenvalue weighted by Gasteiger charge is 2.11. The molecule has 3 rings (SSSR count). The molecule has 1 aromatic heterocycles. The summed E-state index contributed by atoms with van der Waals surface area (Å²) in [5.74, 6) is 1.21. The maximum absolute atomic E-state index is 10.7. The minimum absolute atomic E-state index is 0.0534. The number of benzene rings is 2. The van der Waals surface area contributed by atoms with Crippen LogP contribution in [-0.2, 0) is 19.7 Å². The van der Waals surface area contributed by atoms with Crippen LogP contribution in [0, 0.1) is 10.1 Å². The van der Waals surface area contributed by atoms with Gasteiger partial charge in [-0.25, -0.2) is 0 Å². The molecule has 150 valence electrons. The average molecular weight is 458 g/mol. The number of nitrogens with one attached hydrogen (secondary N) is 1. The average Bonchev–Trinajstić information content (AvgIpc) is 2.74. The van der Waals surface area contributed by atoms with Crippen LogP contribution in [0.3, 0.4) is 0 Å². The predicted octanol–water partition coefficient (Wildman–Crippen LogP) is 4.63. The fourth-order valence-corrected chi connectivity index (χ4v) is 3.16. The van der Waals surface area contributed by atoms with E-state index in [0.29, 0.717) is 18.0 Å². The summed E-state index contributed by atoms with van der Waals surface area (Å²) >= 11 is 3.59. The standard InChI is InChI=1S/C21H20BrN3O4/c1-28-20-10-17(13-24-12-15-6-8-23-9-7-15)19(22)11-21(20)29-14-16-2-4-18(5-3-16)25(26)27/h2-11,24H,12-14H2,1H3. The van der Waals surface area contributed by atoms with Crippen LogP contribution in [0.15, 0.2) is 65.4 Å². The van der Waals surface area contributed by atoms with Crippen LogP contribution >= 0.6 is 15.9 Å². The van der Waals surface area contributed by atoms with Crippen molar-refractivity contribution in [3.05, 3.63) is 92.2 Å². The first-order valence-corrected chi connectivity index (χ1v) is 9.68. The van der Waals surface area contributed by atoms with E-state index in [1.807, 2.05) is 24.3 Å². The van der Waals surface area contributed by atoms with Crippen molar-refractivity contribution < 1.29 is 14.4 Å². The molecule has 3 aromatic rings. The third-order valence-electron chi connectivity index (χ3n) is 4.27. The van der Waals surface area contributed by atoms with Gasteiger partial charge in [0, 0.05) is 42.1 Å². The van der Waals surface area contributed by atoms with Gasteiger partial charge in [-0.05, 0) is 53.1 Å². The van der Waals surface area contributed by atoms with Crippen LogP contribution < -0.4 is 14.8 Å². The van der Waals surface area contributed by atoms with Gasteiger partial charge in [-0.2, -0.15) is 0 Å². The second-order valence-corrected chi connectivity index (χ2v) is 7.12. The third kappa shape index (κ3) is 5.75. The number of ether oxygens (including phenoxy) is 2. The lowest BCUT2D eigenvalue weighted by Gasteiger charge is -2.14. The van der Waals surface area contributed by atoms with Crippen molar-refractivity contribution in [3.8, 4) is 11.5 Å². The summed E-state index contributed by atoms with van der Waals surface area (Å²) in [5, 5.41) is 14.1. The van der Waals surface area contributed by atoms with Crippen LogP contribution in [0.1, 0.15) is 16.7 Å². The minimum atomic E-state index is -0.424. The molecule has 0 saturated heterocycles. The molecule has 0 unspecified atom stereocenters. The molecule has 1 N–H and O–H groups in total. The van der Waals surface area contributed by atoms with Gasteiger partial charge in [-0.1, -0.05) is 15.9 Å². The van der Waals surface area contributed by atoms with E-state index in [-0.39, 0.29) is 12.3 Å². The van der Waals surface area contributed by atoms with E-state index in [1.54, 1.807) is 31.6 Å². The van der Waals surface area contributed by atoms with Gasteiger partial charge >= 0.3 is 0 Å². The van der Waals surface area contributed by atoms with Crippen molar-refractivity contribution in [1.82, 2.24) is 10.3 Å². The smallest absolute Gasteiger partial charge is 0.269 e. The summed E-state index contributed by atoms with van der Waals surface area (Å²) < 4.78 is 12.2. The highest BCUT2D eigenvalue weighted by atomic mass is 79.9. The summed E-state index contributed by atoms with van der Waals surface area (Å²) in [6.07, 6.45) is 3.54. The number of rotatable bonds is 9. The number of hydrogen-bond acceptors (Lipinski definition) is 6. The van der Waals surface area contributed by atoms with Gasteiger partial charge in [-0.15, -0.1) is 0 Å². The summed E-state index contributed by atoms with van der Waals surface area (Å²) in [7, 11) is 1.59. The Morgan fingerprint density at radius 3 is 2.41 bits per heavy atom. The molecule has 0 aliphatic carbocycles. The molecule has 7 nitrogen and oxygen atoms in total. The molecule has 0 amide bonds. The number of halogens is 1. The Morgan fingerprint density at radius 1 is 1.03 bits per heavy atom. The Bertz CT molecular complexity index is 966. The Morgan fingerprint density at radius 2 is 1.76 bits per heavy atom. The maximum atomic E-state index is 10.7. The van der Waals surface area contributed by atoms with Crippen LogP contribution in [-0.4, -0.2) is 17.0 Å². The van der Waals surface area contributed by atoms with Crippen molar-refractivity contribution in [2.24, 2.45) is 0 Å². The Hall–Kier alpha value is -2.97. The number of aromatic nitrogens is 1. The lowest BCUT2D eigenvalue weighted by molar-refractivity contribution is -0.384. The largest absolute Gasteiger partial charge is 0.493 e. The van der Waals surface area contributed by atoms with E-state index >= 15 is 0 Å². The molecule has 2 aromatic carbocycles. The number of nitro groups is 1. The number of hydrogen-bond donors (Lipinski definition) is 1. The van der Waals surface area contributed by atoms with Crippen LogP contribution in [0.2, 0.25) is 0 Å². The molecular weight excluding hydrogens is 438 g/mol. The zero-order chi connectivity index (χ0) is 20.6. The molecule has 0 atom stereocenters. The van der Waals surface area contributed by atoms with E-state index in [2.05, 4.69) is 26.2 Å². The highest BCUT2D eigenvalue weighted by molar-refractivity contribution is 9.10. The molecule has 1 heterocycles. The van der Waals surface area contributed by atoms with E-state index < -0.39 is 4.92 Å². The zero-order valence-corrected chi connectivity index (χ0v) is 17.4. The first kappa shape index (κ1) is 20.8. The number of nitro benzene ring substituents is 1. The lowest BCUT2D eigenvalue weighted by Crippen LogP contribution is -2.13. The number of non-ortho nitro benzene ring substituents is 1. The summed E-state index contributed by atoms with van der Waals surface area (Å²) in [6, 6.07) is 14.0. The van der Waals surface area contributed by atoms with Crippen molar-refractivity contribution in [2.45, 2.75) is 19.7 Å². The second kappa shape index (κ2) is 9.99. The summed E-state index contributed by atoms with van der Waals surface area (Å²) in [6.45, 7) is 1.66. The van der Waals surface area contributed by atoms with E-state index in [4.69, 9.17) is 9.47 Å². The predicted molar refractivity (Wildman–Crippen MR) is 113 cm³/mol. The van der Waals surface area contributed by atoms with Crippen molar-refractivity contribution in [2.75, 3.05) is 7.11 Å². The van der Waals surface area contributed by atoms with E-state index in [1.165, 1.54) is 12.1 Å². The maximum Gasteiger partial charge on any atom is 0.269 e. The number of nitrogens with zero attached hydrogens (tertiary/aromatic N) is 2. The molecule has 0 bridgehead atoms. The normalized spacial score (nSPS) is 10.6. The Labute approximate surface area is 177 Å². The molecule has 0 fully saturated rings. The van der Waals surface area contributed by atoms with E-state index in [0.717, 1.165) is 27.7 Å². The number of methoxy groups -OCH3 is 1. The van der Waals surface area contributed by atoms with Crippen molar-refractivity contribution in [3.63, 3.8) is 0 Å². The molecule has 29 heavy (non-hydrogen) atoms. The monoisotopic (exact) mass is 457 g/mol. The van der Waals surface area contributed by atoms with Crippen LogP contribution in [0.5, 0.6) is 11.5 Å². The zero-order valence-electron chi connectivity index (χ0n) is 15.8. The van der Waals surface area contributed by atoms with Crippen LogP contribution in [0.4, 0.5) is 5.69 Å². The van der Waals surface area contributed by atoms with Gasteiger partial charge in [0.05, 0.1) is 12.0 Å². The number of pyridine rings is 1. The fourth-order valence-electron chi connectivity index (χ4n) is 2.70. The van der Waals surface area contributed by atoms with Gasteiger partial charge in [0.25, 0.3) is 5.69 Å². The second-order valence-electron chi connectivity index (χ2n) is 6.27. The van der Waals surface area contributed by atoms with Crippen molar-refractivity contribution in [1.29, 1.82) is 0 Å². The molecule has 0 spiro atoms. The first-order chi connectivity index (χ1) is 14.1. The SMILES string of the molecule is COc1cc(CNCc2ccncc2)c(Br)cc1OCc1ccc([N+](=O)[O-])cc1. The molecule has 0 radical (unpaired) electrons. The Kier molecular flexibility index (Phi) is 7.15. The highest BCUT2D eigenvalue weighted by Crippen LogP contribution is 2.34.